The zero-order chi connectivity index (χ0) is 12.5. The SMILES string of the molecule is O=C(Cl)c1cc(C(=O)Cl)cc(P(=O)(Cl)Cl)c1. The smallest absolute Gasteiger partial charge is 0.281 e. The Balaban J connectivity index is 3.48. The molecule has 3 nitrogen and oxygen atoms in total. The summed E-state index contributed by atoms with van der Waals surface area (Å²) < 4.78 is 11.4. The van der Waals surface area contributed by atoms with E-state index in [0.29, 0.717) is 0 Å². The van der Waals surface area contributed by atoms with Gasteiger partial charge in [-0.05, 0) is 63.9 Å². The maximum absolute atomic E-state index is 11.4. The third-order valence-corrected chi connectivity index (χ3v) is 4.14. The zero-order valence-corrected chi connectivity index (χ0v) is 11.3. The van der Waals surface area contributed by atoms with Gasteiger partial charge in [-0.1, -0.05) is 0 Å². The Hall–Kier alpha value is -0.0500. The topological polar surface area (TPSA) is 51.2 Å². The quantitative estimate of drug-likeness (QED) is 0.630. The van der Waals surface area contributed by atoms with Gasteiger partial charge in [-0.15, -0.1) is 0 Å². The molecule has 8 heteroatoms. The van der Waals surface area contributed by atoms with Crippen molar-refractivity contribution in [2.75, 3.05) is 0 Å². The van der Waals surface area contributed by atoms with E-state index in [1.54, 1.807) is 0 Å². The lowest BCUT2D eigenvalue weighted by atomic mass is 10.1. The Bertz CT molecular complexity index is 476. The van der Waals surface area contributed by atoms with Crippen molar-refractivity contribution >= 4 is 67.3 Å². The van der Waals surface area contributed by atoms with E-state index in [1.165, 1.54) is 0 Å². The fourth-order valence-corrected chi connectivity index (χ4v) is 2.37. The lowest BCUT2D eigenvalue weighted by Gasteiger charge is -2.05. The lowest BCUT2D eigenvalue weighted by molar-refractivity contribution is 0.108. The molecule has 0 amide bonds. The molecule has 0 aliphatic carbocycles. The van der Waals surface area contributed by atoms with Crippen molar-refractivity contribution in [3.63, 3.8) is 0 Å². The third-order valence-electron chi connectivity index (χ3n) is 1.67. The van der Waals surface area contributed by atoms with Crippen molar-refractivity contribution in [3.8, 4) is 0 Å². The summed E-state index contributed by atoms with van der Waals surface area (Å²) in [5.74, 6) is -3.63. The number of benzene rings is 1. The van der Waals surface area contributed by atoms with Crippen LogP contribution in [0.15, 0.2) is 18.2 Å². The lowest BCUT2D eigenvalue weighted by Crippen LogP contribution is -2.06. The van der Waals surface area contributed by atoms with Crippen LogP contribution in [0.3, 0.4) is 0 Å². The normalized spacial score (nSPS) is 11.2. The van der Waals surface area contributed by atoms with Crippen LogP contribution in [0.2, 0.25) is 0 Å². The predicted molar refractivity (Wildman–Crippen MR) is 65.8 cm³/mol. The molecule has 0 saturated heterocycles. The van der Waals surface area contributed by atoms with E-state index in [9.17, 15) is 14.2 Å². The van der Waals surface area contributed by atoms with Gasteiger partial charge in [-0.2, -0.15) is 0 Å². The van der Waals surface area contributed by atoms with Gasteiger partial charge < -0.3 is 0 Å². The molecule has 0 fully saturated rings. The van der Waals surface area contributed by atoms with Gasteiger partial charge >= 0.3 is 0 Å². The summed E-state index contributed by atoms with van der Waals surface area (Å²) in [6.07, 6.45) is 0. The Morgan fingerprint density at radius 2 is 1.31 bits per heavy atom. The molecule has 1 aromatic rings. The average Bonchev–Trinajstić information content (AvgIpc) is 2.15. The Labute approximate surface area is 111 Å². The van der Waals surface area contributed by atoms with Crippen molar-refractivity contribution in [1.82, 2.24) is 0 Å². The number of halogens is 4. The summed E-state index contributed by atoms with van der Waals surface area (Å²) in [6, 6.07) is 3.47. The summed E-state index contributed by atoms with van der Waals surface area (Å²) in [7, 11) is 0. The molecule has 0 bridgehead atoms. The van der Waals surface area contributed by atoms with Crippen LogP contribution in [0.5, 0.6) is 0 Å². The second kappa shape index (κ2) is 5.07. The minimum atomic E-state index is -3.63. The van der Waals surface area contributed by atoms with Gasteiger partial charge in [0.2, 0.25) is 0 Å². The molecule has 0 aliphatic rings. The fourth-order valence-electron chi connectivity index (χ4n) is 0.988. The van der Waals surface area contributed by atoms with Crippen LogP contribution in [0.25, 0.3) is 0 Å². The Kier molecular flexibility index (Phi) is 4.44. The van der Waals surface area contributed by atoms with E-state index in [2.05, 4.69) is 0 Å². The van der Waals surface area contributed by atoms with Crippen LogP contribution in [-0.4, -0.2) is 10.5 Å². The zero-order valence-electron chi connectivity index (χ0n) is 7.42. The molecule has 1 rings (SSSR count). The summed E-state index contributed by atoms with van der Waals surface area (Å²) in [4.78, 5) is 21.9. The minimum absolute atomic E-state index is 0.0512. The summed E-state index contributed by atoms with van der Waals surface area (Å²) in [6.45, 7) is 0. The van der Waals surface area contributed by atoms with Crippen LogP contribution in [0, 0.1) is 0 Å². The van der Waals surface area contributed by atoms with Gasteiger partial charge in [0.05, 0.1) is 0 Å². The van der Waals surface area contributed by atoms with Crippen LogP contribution in [0.1, 0.15) is 20.7 Å². The van der Waals surface area contributed by atoms with Crippen molar-refractivity contribution in [2.24, 2.45) is 0 Å². The van der Waals surface area contributed by atoms with Crippen molar-refractivity contribution < 1.29 is 14.2 Å². The first kappa shape index (κ1) is 14.0. The summed E-state index contributed by atoms with van der Waals surface area (Å²) in [5.41, 5.74) is -0.102. The molecule has 86 valence electrons. The monoisotopic (exact) mass is 318 g/mol. The Morgan fingerprint density at radius 1 is 0.938 bits per heavy atom. The molecule has 0 atom stereocenters. The Morgan fingerprint density at radius 3 is 1.56 bits per heavy atom. The molecule has 0 aromatic heterocycles. The molecular weight excluding hydrogens is 317 g/mol. The molecular formula is C8H3Cl4O3P. The molecule has 16 heavy (non-hydrogen) atoms. The fraction of sp³-hybridized carbons (Fsp3) is 0. The maximum Gasteiger partial charge on any atom is 0.281 e. The highest BCUT2D eigenvalue weighted by molar-refractivity contribution is 8.13. The molecule has 0 unspecified atom stereocenters. The van der Waals surface area contributed by atoms with E-state index < -0.39 is 16.3 Å². The molecule has 0 heterocycles. The summed E-state index contributed by atoms with van der Waals surface area (Å²) in [5, 5.41) is -1.73. The van der Waals surface area contributed by atoms with Gasteiger partial charge in [0, 0.05) is 16.4 Å². The first-order chi connectivity index (χ1) is 7.21. The molecule has 0 saturated carbocycles. The van der Waals surface area contributed by atoms with E-state index in [-0.39, 0.29) is 16.4 Å². The summed E-state index contributed by atoms with van der Waals surface area (Å²) >= 11 is 21.3. The van der Waals surface area contributed by atoms with Crippen LogP contribution in [-0.2, 0) is 4.57 Å². The average molecular weight is 320 g/mol. The van der Waals surface area contributed by atoms with E-state index in [4.69, 9.17) is 45.7 Å². The first-order valence-corrected chi connectivity index (χ1v) is 8.04. The molecule has 0 N–H and O–H groups in total. The van der Waals surface area contributed by atoms with E-state index >= 15 is 0 Å². The molecule has 0 spiro atoms. The van der Waals surface area contributed by atoms with Crippen LogP contribution >= 0.6 is 51.5 Å². The molecule has 0 aliphatic heterocycles. The van der Waals surface area contributed by atoms with E-state index in [1.807, 2.05) is 0 Å². The maximum atomic E-state index is 11.4. The van der Waals surface area contributed by atoms with Gasteiger partial charge in [0.25, 0.3) is 16.3 Å². The minimum Gasteiger partial charge on any atom is -0.284 e. The van der Waals surface area contributed by atoms with E-state index in [0.717, 1.165) is 18.2 Å². The first-order valence-electron chi connectivity index (χ1n) is 3.76. The molecule has 0 radical (unpaired) electrons. The van der Waals surface area contributed by atoms with Gasteiger partial charge in [0.1, 0.15) is 0 Å². The number of hydrogen-bond donors (Lipinski definition) is 0. The second-order valence-corrected chi connectivity index (χ2v) is 8.28. The number of hydrogen-bond acceptors (Lipinski definition) is 3. The highest BCUT2D eigenvalue weighted by atomic mass is 35.9. The van der Waals surface area contributed by atoms with Gasteiger partial charge in [-0.3, -0.25) is 14.2 Å². The van der Waals surface area contributed by atoms with Gasteiger partial charge in [-0.25, -0.2) is 0 Å². The highest BCUT2D eigenvalue weighted by Crippen LogP contribution is 2.55. The third kappa shape index (κ3) is 3.47. The number of carbonyl (C=O) groups is 2. The number of rotatable bonds is 3. The van der Waals surface area contributed by atoms with Crippen molar-refractivity contribution in [3.05, 3.63) is 29.3 Å². The standard InChI is InChI=1S/C8H3Cl4O3P/c9-7(13)4-1-5(8(10)14)3-6(2-4)16(11,12)15/h1-3H. The van der Waals surface area contributed by atoms with Crippen molar-refractivity contribution in [2.45, 2.75) is 0 Å². The number of carbonyl (C=O) groups excluding carboxylic acids is 2. The second-order valence-electron chi connectivity index (χ2n) is 2.78. The van der Waals surface area contributed by atoms with Gasteiger partial charge in [0.15, 0.2) is 0 Å². The largest absolute Gasteiger partial charge is 0.284 e. The highest BCUT2D eigenvalue weighted by Gasteiger charge is 2.21. The molecule has 1 aromatic carbocycles. The predicted octanol–water partition coefficient (Wildman–Crippen LogP) is 3.74. The van der Waals surface area contributed by atoms with Crippen LogP contribution < -0.4 is 5.30 Å². The van der Waals surface area contributed by atoms with Crippen molar-refractivity contribution in [1.29, 1.82) is 0 Å². The van der Waals surface area contributed by atoms with Crippen LogP contribution in [0.4, 0.5) is 0 Å².